The third kappa shape index (κ3) is 2.28. The van der Waals surface area contributed by atoms with Crippen LogP contribution < -0.4 is 0 Å². The van der Waals surface area contributed by atoms with Crippen molar-refractivity contribution in [3.05, 3.63) is 71.7 Å². The average Bonchev–Trinajstić information content (AvgIpc) is 2.81. The van der Waals surface area contributed by atoms with Gasteiger partial charge in [0.25, 0.3) is 0 Å². The van der Waals surface area contributed by atoms with E-state index < -0.39 is 5.97 Å². The number of rotatable bonds is 3. The molecule has 3 aromatic rings. The van der Waals surface area contributed by atoms with Crippen molar-refractivity contribution >= 4 is 16.9 Å². The van der Waals surface area contributed by atoms with Gasteiger partial charge in [-0.1, -0.05) is 12.1 Å². The molecule has 3 nitrogen and oxygen atoms in total. The molecular weight excluding hydrogens is 257 g/mol. The highest BCUT2D eigenvalue weighted by atomic mass is 19.1. The van der Waals surface area contributed by atoms with E-state index in [1.54, 1.807) is 24.3 Å². The second-order valence-corrected chi connectivity index (χ2v) is 4.65. The lowest BCUT2D eigenvalue weighted by atomic mass is 10.1. The number of carboxylic acid groups (broad SMARTS) is 1. The van der Waals surface area contributed by atoms with Crippen LogP contribution in [-0.4, -0.2) is 15.6 Å². The smallest absolute Gasteiger partial charge is 0.335 e. The third-order valence-electron chi connectivity index (χ3n) is 3.26. The van der Waals surface area contributed by atoms with Crippen molar-refractivity contribution in [2.45, 2.75) is 6.54 Å². The zero-order chi connectivity index (χ0) is 14.1. The third-order valence-corrected chi connectivity index (χ3v) is 3.26. The molecule has 4 heteroatoms. The maximum Gasteiger partial charge on any atom is 0.335 e. The topological polar surface area (TPSA) is 42.2 Å². The van der Waals surface area contributed by atoms with Crippen molar-refractivity contribution in [1.29, 1.82) is 0 Å². The Morgan fingerprint density at radius 2 is 2.00 bits per heavy atom. The summed E-state index contributed by atoms with van der Waals surface area (Å²) in [5.41, 5.74) is 2.09. The molecule has 1 heterocycles. The first-order chi connectivity index (χ1) is 9.63. The van der Waals surface area contributed by atoms with Crippen molar-refractivity contribution in [2.75, 3.05) is 0 Å². The second kappa shape index (κ2) is 4.81. The Balaban J connectivity index is 1.97. The molecule has 1 N–H and O–H groups in total. The Kier molecular flexibility index (Phi) is 2.99. The van der Waals surface area contributed by atoms with Crippen molar-refractivity contribution in [2.24, 2.45) is 0 Å². The lowest BCUT2D eigenvalue weighted by Gasteiger charge is -2.06. The van der Waals surface area contributed by atoms with Gasteiger partial charge in [-0.3, -0.25) is 0 Å². The van der Waals surface area contributed by atoms with Crippen molar-refractivity contribution in [3.8, 4) is 0 Å². The Bertz CT molecular complexity index is 792. The summed E-state index contributed by atoms with van der Waals surface area (Å²) in [6.07, 6.45) is 1.87. The van der Waals surface area contributed by atoms with Crippen LogP contribution in [0.1, 0.15) is 15.9 Å². The normalized spacial score (nSPS) is 10.8. The number of benzene rings is 2. The number of hydrogen-bond acceptors (Lipinski definition) is 1. The predicted molar refractivity (Wildman–Crippen MR) is 74.4 cm³/mol. The molecule has 20 heavy (non-hydrogen) atoms. The Morgan fingerprint density at radius 1 is 1.15 bits per heavy atom. The summed E-state index contributed by atoms with van der Waals surface area (Å²) in [5.74, 6) is -1.20. The van der Waals surface area contributed by atoms with Crippen LogP contribution in [0.3, 0.4) is 0 Å². The fourth-order valence-electron chi connectivity index (χ4n) is 2.31. The number of nitrogens with zero attached hydrogens (tertiary/aromatic N) is 1. The van der Waals surface area contributed by atoms with Crippen LogP contribution >= 0.6 is 0 Å². The lowest BCUT2D eigenvalue weighted by molar-refractivity contribution is 0.0696. The van der Waals surface area contributed by atoms with Gasteiger partial charge in [0, 0.05) is 23.6 Å². The van der Waals surface area contributed by atoms with Gasteiger partial charge in [0.15, 0.2) is 0 Å². The van der Waals surface area contributed by atoms with E-state index in [1.165, 1.54) is 12.1 Å². The molecule has 0 bridgehead atoms. The van der Waals surface area contributed by atoms with Crippen LogP contribution in [0, 0.1) is 5.82 Å². The van der Waals surface area contributed by atoms with Gasteiger partial charge >= 0.3 is 5.97 Å². The number of carbonyl (C=O) groups is 1. The molecule has 0 atom stereocenters. The summed E-state index contributed by atoms with van der Waals surface area (Å²) < 4.78 is 15.1. The van der Waals surface area contributed by atoms with Crippen LogP contribution in [-0.2, 0) is 6.54 Å². The maximum atomic E-state index is 13.1. The van der Waals surface area contributed by atoms with E-state index in [4.69, 9.17) is 5.11 Å². The first kappa shape index (κ1) is 12.4. The summed E-state index contributed by atoms with van der Waals surface area (Å²) >= 11 is 0. The molecule has 0 saturated heterocycles. The minimum atomic E-state index is -0.939. The number of halogens is 1. The van der Waals surface area contributed by atoms with Gasteiger partial charge in [-0.2, -0.15) is 0 Å². The molecule has 0 spiro atoms. The van der Waals surface area contributed by atoms with E-state index in [1.807, 2.05) is 22.9 Å². The molecule has 1 aromatic heterocycles. The largest absolute Gasteiger partial charge is 0.478 e. The molecule has 0 aliphatic carbocycles. The fraction of sp³-hybridized carbons (Fsp3) is 0.0625. The van der Waals surface area contributed by atoms with Gasteiger partial charge < -0.3 is 9.67 Å². The Hall–Kier alpha value is -2.62. The van der Waals surface area contributed by atoms with E-state index in [0.29, 0.717) is 6.54 Å². The zero-order valence-electron chi connectivity index (χ0n) is 10.6. The molecule has 0 aliphatic heterocycles. The molecular formula is C16H12FNO2. The van der Waals surface area contributed by atoms with Gasteiger partial charge in [0.1, 0.15) is 5.82 Å². The highest BCUT2D eigenvalue weighted by Gasteiger charge is 2.06. The molecule has 100 valence electrons. The van der Waals surface area contributed by atoms with E-state index in [2.05, 4.69) is 0 Å². The minimum absolute atomic E-state index is 0.261. The van der Waals surface area contributed by atoms with Crippen LogP contribution in [0.25, 0.3) is 10.9 Å². The summed E-state index contributed by atoms with van der Waals surface area (Å²) in [4.78, 5) is 11.0. The van der Waals surface area contributed by atoms with Gasteiger partial charge in [0.05, 0.1) is 5.56 Å². The van der Waals surface area contributed by atoms with Crippen molar-refractivity contribution in [1.82, 2.24) is 4.57 Å². The van der Waals surface area contributed by atoms with E-state index in [-0.39, 0.29) is 11.4 Å². The standard InChI is InChI=1S/C16H12FNO2/c17-14-4-5-15-12(9-14)6-7-18(15)10-11-2-1-3-13(8-11)16(19)20/h1-9H,10H2,(H,19,20). The van der Waals surface area contributed by atoms with Crippen LogP contribution in [0.15, 0.2) is 54.7 Å². The summed E-state index contributed by atoms with van der Waals surface area (Å²) in [6.45, 7) is 0.552. The first-order valence-corrected chi connectivity index (χ1v) is 6.20. The van der Waals surface area contributed by atoms with E-state index >= 15 is 0 Å². The summed E-state index contributed by atoms with van der Waals surface area (Å²) in [5, 5.41) is 9.82. The van der Waals surface area contributed by atoms with Crippen molar-refractivity contribution < 1.29 is 14.3 Å². The minimum Gasteiger partial charge on any atom is -0.478 e. The van der Waals surface area contributed by atoms with Gasteiger partial charge in [0.2, 0.25) is 0 Å². The van der Waals surface area contributed by atoms with E-state index in [0.717, 1.165) is 16.5 Å². The highest BCUT2D eigenvalue weighted by Crippen LogP contribution is 2.18. The number of aromatic carboxylic acids is 1. The van der Waals surface area contributed by atoms with Crippen LogP contribution in [0.2, 0.25) is 0 Å². The maximum absolute atomic E-state index is 13.1. The van der Waals surface area contributed by atoms with Gasteiger partial charge in [-0.15, -0.1) is 0 Å². The monoisotopic (exact) mass is 269 g/mol. The SMILES string of the molecule is O=C(O)c1cccc(Cn2ccc3cc(F)ccc32)c1. The Labute approximate surface area is 114 Å². The molecule has 3 rings (SSSR count). The fourth-order valence-corrected chi connectivity index (χ4v) is 2.31. The molecule has 0 radical (unpaired) electrons. The highest BCUT2D eigenvalue weighted by molar-refractivity contribution is 5.87. The lowest BCUT2D eigenvalue weighted by Crippen LogP contribution is -2.01. The molecule has 0 amide bonds. The number of carboxylic acids is 1. The van der Waals surface area contributed by atoms with Gasteiger partial charge in [-0.25, -0.2) is 9.18 Å². The van der Waals surface area contributed by atoms with Crippen LogP contribution in [0.4, 0.5) is 4.39 Å². The predicted octanol–water partition coefficient (Wildman–Crippen LogP) is 3.53. The van der Waals surface area contributed by atoms with Crippen molar-refractivity contribution in [3.63, 3.8) is 0 Å². The Morgan fingerprint density at radius 3 is 2.80 bits per heavy atom. The molecule has 0 unspecified atom stereocenters. The number of aromatic nitrogens is 1. The number of hydrogen-bond donors (Lipinski definition) is 1. The molecule has 0 saturated carbocycles. The molecule has 0 fully saturated rings. The molecule has 0 aliphatic rings. The zero-order valence-corrected chi connectivity index (χ0v) is 10.6. The summed E-state index contributed by atoms with van der Waals surface area (Å²) in [6, 6.07) is 13.3. The van der Waals surface area contributed by atoms with E-state index in [9.17, 15) is 9.18 Å². The second-order valence-electron chi connectivity index (χ2n) is 4.65. The van der Waals surface area contributed by atoms with Crippen LogP contribution in [0.5, 0.6) is 0 Å². The first-order valence-electron chi connectivity index (χ1n) is 6.20. The van der Waals surface area contributed by atoms with Gasteiger partial charge in [-0.05, 0) is 42.0 Å². The number of fused-ring (bicyclic) bond motifs is 1. The molecule has 2 aromatic carbocycles. The quantitative estimate of drug-likeness (QED) is 0.790. The average molecular weight is 269 g/mol. The summed E-state index contributed by atoms with van der Waals surface area (Å²) in [7, 11) is 0.